The lowest BCUT2D eigenvalue weighted by Crippen LogP contribution is -2.09. The van der Waals surface area contributed by atoms with Crippen molar-refractivity contribution in [3.05, 3.63) is 70.3 Å². The molecule has 5 rings (SSSR count). The van der Waals surface area contributed by atoms with Gasteiger partial charge in [0.05, 0.1) is 17.1 Å². The SMILES string of the molecule is CCn1ccc(Nc2ncc3c(n2)-c2c(nn(C)c2Cc2ccccc2Cl)CC3)n1. The molecule has 0 saturated carbocycles. The van der Waals surface area contributed by atoms with Gasteiger partial charge >= 0.3 is 0 Å². The van der Waals surface area contributed by atoms with Crippen LogP contribution in [-0.4, -0.2) is 29.5 Å². The highest BCUT2D eigenvalue weighted by Crippen LogP contribution is 2.36. The van der Waals surface area contributed by atoms with Crippen LogP contribution in [0.4, 0.5) is 11.8 Å². The van der Waals surface area contributed by atoms with Crippen LogP contribution in [0.5, 0.6) is 0 Å². The first-order valence-corrected chi connectivity index (χ1v) is 10.4. The van der Waals surface area contributed by atoms with E-state index in [4.69, 9.17) is 21.7 Å². The number of hydrogen-bond acceptors (Lipinski definition) is 5. The maximum absolute atomic E-state index is 6.43. The smallest absolute Gasteiger partial charge is 0.228 e. The summed E-state index contributed by atoms with van der Waals surface area (Å²) < 4.78 is 3.82. The number of rotatable bonds is 5. The Bertz CT molecular complexity index is 1220. The summed E-state index contributed by atoms with van der Waals surface area (Å²) in [5, 5.41) is 13.2. The Labute approximate surface area is 179 Å². The molecule has 3 heterocycles. The van der Waals surface area contributed by atoms with E-state index in [1.54, 1.807) is 0 Å². The van der Waals surface area contributed by atoms with Crippen molar-refractivity contribution in [2.45, 2.75) is 32.7 Å². The third kappa shape index (κ3) is 3.35. The molecule has 4 aromatic rings. The molecule has 0 radical (unpaired) electrons. The molecule has 0 fully saturated rings. The Hall–Kier alpha value is -3.19. The van der Waals surface area contributed by atoms with Gasteiger partial charge in [0, 0.05) is 49.1 Å². The lowest BCUT2D eigenvalue weighted by molar-refractivity contribution is 0.662. The lowest BCUT2D eigenvalue weighted by atomic mass is 9.91. The van der Waals surface area contributed by atoms with E-state index < -0.39 is 0 Å². The van der Waals surface area contributed by atoms with Crippen molar-refractivity contribution in [2.24, 2.45) is 7.05 Å². The molecule has 0 spiro atoms. The van der Waals surface area contributed by atoms with Crippen molar-refractivity contribution in [1.29, 1.82) is 0 Å². The van der Waals surface area contributed by atoms with Gasteiger partial charge < -0.3 is 5.32 Å². The molecule has 1 N–H and O–H groups in total. The number of halogens is 1. The number of fused-ring (bicyclic) bond motifs is 3. The number of aromatic nitrogens is 6. The van der Waals surface area contributed by atoms with Crippen LogP contribution in [-0.2, 0) is 32.9 Å². The summed E-state index contributed by atoms with van der Waals surface area (Å²) in [5.41, 5.74) is 6.45. The number of hydrogen-bond donors (Lipinski definition) is 1. The van der Waals surface area contributed by atoms with Gasteiger partial charge in [-0.15, -0.1) is 0 Å². The fourth-order valence-corrected chi connectivity index (χ4v) is 4.13. The molecular formula is C22H22ClN7. The Morgan fingerprint density at radius 3 is 2.80 bits per heavy atom. The third-order valence-corrected chi connectivity index (χ3v) is 5.86. The van der Waals surface area contributed by atoms with Gasteiger partial charge in [-0.05, 0) is 37.0 Å². The number of nitrogens with one attached hydrogen (secondary N) is 1. The van der Waals surface area contributed by atoms with Crippen molar-refractivity contribution in [3.63, 3.8) is 0 Å². The van der Waals surface area contributed by atoms with Gasteiger partial charge in [-0.2, -0.15) is 10.2 Å². The zero-order valence-corrected chi connectivity index (χ0v) is 17.7. The van der Waals surface area contributed by atoms with Crippen LogP contribution in [0.1, 0.15) is 29.4 Å². The fourth-order valence-electron chi connectivity index (χ4n) is 3.93. The first kappa shape index (κ1) is 18.8. The van der Waals surface area contributed by atoms with Crippen molar-refractivity contribution in [1.82, 2.24) is 29.5 Å². The van der Waals surface area contributed by atoms with Crippen molar-refractivity contribution >= 4 is 23.4 Å². The number of anilines is 2. The first-order chi connectivity index (χ1) is 14.6. The van der Waals surface area contributed by atoms with Gasteiger partial charge in [0.25, 0.3) is 0 Å². The molecule has 0 saturated heterocycles. The number of aryl methyl sites for hydroxylation is 4. The molecule has 0 atom stereocenters. The topological polar surface area (TPSA) is 73.5 Å². The van der Waals surface area contributed by atoms with Crippen molar-refractivity contribution in [2.75, 3.05) is 5.32 Å². The second kappa shape index (κ2) is 7.57. The van der Waals surface area contributed by atoms with Crippen molar-refractivity contribution < 1.29 is 0 Å². The average Bonchev–Trinajstić information content (AvgIpc) is 3.33. The standard InChI is InChI=1S/C22H22ClN7/c1-3-30-11-10-19(28-30)25-22-24-13-15-8-9-17-20(21(15)26-22)18(29(2)27-17)12-14-6-4-5-7-16(14)23/h4-7,10-11,13H,3,8-9,12H2,1-2H3,(H,24,25,26,28). The molecule has 0 unspecified atom stereocenters. The Kier molecular flexibility index (Phi) is 4.75. The quantitative estimate of drug-likeness (QED) is 0.525. The molecule has 1 aliphatic carbocycles. The molecule has 0 bridgehead atoms. The largest absolute Gasteiger partial charge is 0.307 e. The summed E-state index contributed by atoms with van der Waals surface area (Å²) in [4.78, 5) is 9.38. The predicted octanol–water partition coefficient (Wildman–Crippen LogP) is 4.18. The van der Waals surface area contributed by atoms with Gasteiger partial charge in [-0.3, -0.25) is 9.36 Å². The van der Waals surface area contributed by atoms with E-state index >= 15 is 0 Å². The second-order valence-electron chi connectivity index (χ2n) is 7.41. The zero-order valence-electron chi connectivity index (χ0n) is 16.9. The van der Waals surface area contributed by atoms with Crippen LogP contribution in [0.3, 0.4) is 0 Å². The minimum absolute atomic E-state index is 0.537. The van der Waals surface area contributed by atoms with Crippen molar-refractivity contribution in [3.8, 4) is 11.3 Å². The van der Waals surface area contributed by atoms with Gasteiger partial charge in [0.2, 0.25) is 5.95 Å². The minimum Gasteiger partial charge on any atom is -0.307 e. The molecule has 30 heavy (non-hydrogen) atoms. The predicted molar refractivity (Wildman–Crippen MR) is 117 cm³/mol. The van der Waals surface area contributed by atoms with E-state index in [2.05, 4.69) is 28.4 Å². The lowest BCUT2D eigenvalue weighted by Gasteiger charge is -2.17. The summed E-state index contributed by atoms with van der Waals surface area (Å²) in [7, 11) is 1.99. The van der Waals surface area contributed by atoms with Gasteiger partial charge in [0.15, 0.2) is 5.82 Å². The Morgan fingerprint density at radius 1 is 1.13 bits per heavy atom. The van der Waals surface area contributed by atoms with Crippen LogP contribution in [0.15, 0.2) is 42.7 Å². The van der Waals surface area contributed by atoms with E-state index in [0.717, 1.165) is 64.0 Å². The molecule has 3 aromatic heterocycles. The highest BCUT2D eigenvalue weighted by molar-refractivity contribution is 6.31. The molecule has 7 nitrogen and oxygen atoms in total. The van der Waals surface area contributed by atoms with Crippen LogP contribution in [0.2, 0.25) is 5.02 Å². The van der Waals surface area contributed by atoms with E-state index in [-0.39, 0.29) is 0 Å². The van der Waals surface area contributed by atoms with Gasteiger partial charge in [-0.25, -0.2) is 9.97 Å². The summed E-state index contributed by atoms with van der Waals surface area (Å²) in [6.45, 7) is 2.87. The van der Waals surface area contributed by atoms with E-state index in [9.17, 15) is 0 Å². The number of benzene rings is 1. The first-order valence-electron chi connectivity index (χ1n) is 10.1. The molecule has 8 heteroatoms. The van der Waals surface area contributed by atoms with Gasteiger partial charge in [0.1, 0.15) is 0 Å². The summed E-state index contributed by atoms with van der Waals surface area (Å²) in [6, 6.07) is 9.86. The molecule has 0 amide bonds. The van der Waals surface area contributed by atoms with Crippen LogP contribution < -0.4 is 5.32 Å². The third-order valence-electron chi connectivity index (χ3n) is 5.49. The van der Waals surface area contributed by atoms with E-state index in [1.165, 1.54) is 0 Å². The normalized spacial score (nSPS) is 12.5. The second-order valence-corrected chi connectivity index (χ2v) is 7.82. The monoisotopic (exact) mass is 419 g/mol. The van der Waals surface area contributed by atoms with E-state index in [0.29, 0.717) is 12.4 Å². The van der Waals surface area contributed by atoms with Crippen LogP contribution >= 0.6 is 11.6 Å². The average molecular weight is 420 g/mol. The van der Waals surface area contributed by atoms with Crippen LogP contribution in [0.25, 0.3) is 11.3 Å². The molecule has 152 valence electrons. The molecular weight excluding hydrogens is 398 g/mol. The maximum Gasteiger partial charge on any atom is 0.228 e. The van der Waals surface area contributed by atoms with E-state index in [1.807, 2.05) is 53.1 Å². The Balaban J connectivity index is 1.54. The summed E-state index contributed by atoms with van der Waals surface area (Å²) in [5.74, 6) is 1.27. The van der Waals surface area contributed by atoms with Crippen LogP contribution in [0, 0.1) is 0 Å². The highest BCUT2D eigenvalue weighted by atomic mass is 35.5. The zero-order chi connectivity index (χ0) is 20.7. The molecule has 1 aromatic carbocycles. The molecule has 1 aliphatic rings. The fraction of sp³-hybridized carbons (Fsp3) is 0.273. The van der Waals surface area contributed by atoms with Gasteiger partial charge in [-0.1, -0.05) is 29.8 Å². The summed E-state index contributed by atoms with van der Waals surface area (Å²) >= 11 is 6.43. The maximum atomic E-state index is 6.43. The summed E-state index contributed by atoms with van der Waals surface area (Å²) in [6.07, 6.45) is 6.31. The minimum atomic E-state index is 0.537. The highest BCUT2D eigenvalue weighted by Gasteiger charge is 2.26. The molecule has 0 aliphatic heterocycles. The Morgan fingerprint density at radius 2 is 2.00 bits per heavy atom. The number of nitrogens with zero attached hydrogens (tertiary/aromatic N) is 6.